The molecule has 2 aromatic carbocycles. The van der Waals surface area contributed by atoms with E-state index in [-0.39, 0.29) is 0 Å². The van der Waals surface area contributed by atoms with Gasteiger partial charge in [0.15, 0.2) is 23.3 Å². The van der Waals surface area contributed by atoms with Crippen molar-refractivity contribution in [2.24, 2.45) is 0 Å². The molecule has 2 aromatic rings. The zero-order valence-electron chi connectivity index (χ0n) is 10.5. The number of benzene rings is 2. The molecule has 0 atom stereocenters. The van der Waals surface area contributed by atoms with E-state index < -0.39 is 23.3 Å². The Labute approximate surface area is 140 Å². The van der Waals surface area contributed by atoms with Crippen LogP contribution in [0.3, 0.4) is 0 Å². The molecule has 0 nitrogen and oxygen atoms in total. The number of fused-ring (bicyclic) bond motifs is 2. The fourth-order valence-corrected chi connectivity index (χ4v) is 7.28. The predicted octanol–water partition coefficient (Wildman–Crippen LogP) is 6.47. The fraction of sp³-hybridized carbons (Fsp3) is 0. The minimum atomic E-state index is -0.878. The maximum absolute atomic E-state index is 13.3. The standard InChI is InChI=1S/C14H4F4S4/c15-5-1-9-10(2-6(5)16)20-13(19-9)14-21-11-3-7(17)8(18)4-12(11)22-14/h1-4H. The van der Waals surface area contributed by atoms with E-state index in [1.807, 2.05) is 0 Å². The first kappa shape index (κ1) is 14.9. The second kappa shape index (κ2) is 5.43. The molecule has 0 aromatic heterocycles. The third kappa shape index (κ3) is 2.46. The lowest BCUT2D eigenvalue weighted by Crippen LogP contribution is -1.83. The van der Waals surface area contributed by atoms with Gasteiger partial charge in [0.1, 0.15) is 0 Å². The van der Waals surface area contributed by atoms with Gasteiger partial charge in [0, 0.05) is 19.6 Å². The molecular weight excluding hydrogens is 372 g/mol. The van der Waals surface area contributed by atoms with Crippen molar-refractivity contribution in [3.05, 3.63) is 56.0 Å². The van der Waals surface area contributed by atoms with E-state index in [1.165, 1.54) is 71.3 Å². The molecule has 0 saturated carbocycles. The summed E-state index contributed by atoms with van der Waals surface area (Å²) < 4.78 is 54.8. The average molecular weight is 376 g/mol. The summed E-state index contributed by atoms with van der Waals surface area (Å²) in [4.78, 5) is 2.61. The molecule has 0 fully saturated rings. The molecule has 2 aliphatic rings. The molecule has 0 aliphatic carbocycles. The summed E-state index contributed by atoms with van der Waals surface area (Å²) >= 11 is 5.37. The Kier molecular flexibility index (Phi) is 3.67. The monoisotopic (exact) mass is 376 g/mol. The minimum Gasteiger partial charge on any atom is -0.204 e. The summed E-state index contributed by atoms with van der Waals surface area (Å²) in [6.45, 7) is 0. The molecule has 22 heavy (non-hydrogen) atoms. The maximum atomic E-state index is 13.3. The summed E-state index contributed by atoms with van der Waals surface area (Å²) in [6, 6.07) is 4.69. The van der Waals surface area contributed by atoms with Crippen LogP contribution in [0.5, 0.6) is 0 Å². The largest absolute Gasteiger partial charge is 0.204 e. The van der Waals surface area contributed by atoms with Crippen LogP contribution in [0.4, 0.5) is 17.6 Å². The fourth-order valence-electron chi connectivity index (χ4n) is 1.95. The molecule has 0 unspecified atom stereocenters. The molecule has 4 rings (SSSR count). The van der Waals surface area contributed by atoms with Crippen LogP contribution in [-0.2, 0) is 0 Å². The molecule has 112 valence electrons. The van der Waals surface area contributed by atoms with Crippen LogP contribution in [-0.4, -0.2) is 0 Å². The molecule has 0 saturated heterocycles. The van der Waals surface area contributed by atoms with Crippen molar-refractivity contribution in [3.63, 3.8) is 0 Å². The lowest BCUT2D eigenvalue weighted by molar-refractivity contribution is 0.502. The summed E-state index contributed by atoms with van der Waals surface area (Å²) in [6.07, 6.45) is 0. The molecule has 0 spiro atoms. The molecular formula is C14H4F4S4. The smallest absolute Gasteiger partial charge is 0.160 e. The van der Waals surface area contributed by atoms with Crippen molar-refractivity contribution in [2.45, 2.75) is 19.6 Å². The highest BCUT2D eigenvalue weighted by molar-refractivity contribution is 8.30. The van der Waals surface area contributed by atoms with Crippen LogP contribution in [0.2, 0.25) is 0 Å². The molecule has 0 radical (unpaired) electrons. The van der Waals surface area contributed by atoms with Gasteiger partial charge in [-0.3, -0.25) is 0 Å². The Balaban J connectivity index is 1.68. The number of hydrogen-bond donors (Lipinski definition) is 0. The molecule has 0 amide bonds. The van der Waals surface area contributed by atoms with Gasteiger partial charge >= 0.3 is 0 Å². The van der Waals surface area contributed by atoms with Crippen molar-refractivity contribution in [3.8, 4) is 0 Å². The summed E-state index contributed by atoms with van der Waals surface area (Å²) in [5.41, 5.74) is 0. The lowest BCUT2D eigenvalue weighted by Gasteiger charge is -1.98. The van der Waals surface area contributed by atoms with Crippen LogP contribution in [0.1, 0.15) is 0 Å². The van der Waals surface area contributed by atoms with Crippen LogP contribution in [0, 0.1) is 23.3 Å². The topological polar surface area (TPSA) is 0 Å². The van der Waals surface area contributed by atoms with E-state index in [0.717, 1.165) is 8.47 Å². The Morgan fingerprint density at radius 1 is 0.455 bits per heavy atom. The van der Waals surface area contributed by atoms with E-state index in [2.05, 4.69) is 0 Å². The highest BCUT2D eigenvalue weighted by atomic mass is 32.2. The average Bonchev–Trinajstić information content (AvgIpc) is 3.03. The van der Waals surface area contributed by atoms with E-state index in [0.29, 0.717) is 19.6 Å². The zero-order chi connectivity index (χ0) is 15.4. The zero-order valence-corrected chi connectivity index (χ0v) is 13.7. The van der Waals surface area contributed by atoms with Gasteiger partial charge in [-0.2, -0.15) is 0 Å². The van der Waals surface area contributed by atoms with Crippen LogP contribution in [0.15, 0.2) is 52.3 Å². The summed E-state index contributed by atoms with van der Waals surface area (Å²) in [5.74, 6) is -3.51. The van der Waals surface area contributed by atoms with Crippen molar-refractivity contribution >= 4 is 47.0 Å². The van der Waals surface area contributed by atoms with Gasteiger partial charge in [0.05, 0.1) is 8.47 Å². The first-order valence-electron chi connectivity index (χ1n) is 5.95. The number of rotatable bonds is 0. The van der Waals surface area contributed by atoms with Crippen LogP contribution < -0.4 is 0 Å². The van der Waals surface area contributed by atoms with Gasteiger partial charge in [-0.05, 0) is 24.3 Å². The maximum Gasteiger partial charge on any atom is 0.160 e. The minimum absolute atomic E-state index is 0.654. The van der Waals surface area contributed by atoms with Crippen molar-refractivity contribution in [1.82, 2.24) is 0 Å². The molecule has 0 bridgehead atoms. The van der Waals surface area contributed by atoms with E-state index >= 15 is 0 Å². The Bertz CT molecular complexity index is 712. The van der Waals surface area contributed by atoms with Crippen molar-refractivity contribution < 1.29 is 17.6 Å². The van der Waals surface area contributed by atoms with E-state index in [1.54, 1.807) is 0 Å². The van der Waals surface area contributed by atoms with Gasteiger partial charge in [0.25, 0.3) is 0 Å². The number of hydrogen-bond acceptors (Lipinski definition) is 4. The Morgan fingerprint density at radius 2 is 0.682 bits per heavy atom. The first-order valence-corrected chi connectivity index (χ1v) is 9.21. The van der Waals surface area contributed by atoms with Crippen molar-refractivity contribution in [1.29, 1.82) is 0 Å². The SMILES string of the molecule is Fc1cc2c(cc1F)SC(=C1Sc3cc(F)c(F)cc3S1)S2. The summed E-state index contributed by atoms with van der Waals surface area (Å²) in [5, 5.41) is 0. The van der Waals surface area contributed by atoms with E-state index in [4.69, 9.17) is 0 Å². The van der Waals surface area contributed by atoms with Gasteiger partial charge in [0.2, 0.25) is 0 Å². The predicted molar refractivity (Wildman–Crippen MR) is 83.2 cm³/mol. The first-order chi connectivity index (χ1) is 10.5. The molecule has 8 heteroatoms. The van der Waals surface area contributed by atoms with Gasteiger partial charge in [-0.1, -0.05) is 47.0 Å². The number of halogens is 4. The summed E-state index contributed by atoms with van der Waals surface area (Å²) in [7, 11) is 0. The number of thioether (sulfide) groups is 4. The van der Waals surface area contributed by atoms with Gasteiger partial charge in [-0.25, -0.2) is 17.6 Å². The highest BCUT2D eigenvalue weighted by Crippen LogP contribution is 2.61. The Morgan fingerprint density at radius 3 is 0.909 bits per heavy atom. The molecule has 2 aliphatic heterocycles. The molecule has 0 N–H and O–H groups in total. The van der Waals surface area contributed by atoms with E-state index in [9.17, 15) is 17.6 Å². The van der Waals surface area contributed by atoms with Crippen LogP contribution >= 0.6 is 47.0 Å². The quantitative estimate of drug-likeness (QED) is 0.483. The normalized spacial score (nSPS) is 16.2. The molecule has 2 heterocycles. The third-order valence-corrected chi connectivity index (χ3v) is 8.51. The van der Waals surface area contributed by atoms with Gasteiger partial charge < -0.3 is 0 Å². The lowest BCUT2D eigenvalue weighted by atomic mass is 10.3. The van der Waals surface area contributed by atoms with Crippen LogP contribution in [0.25, 0.3) is 0 Å². The van der Waals surface area contributed by atoms with Crippen molar-refractivity contribution in [2.75, 3.05) is 0 Å². The third-order valence-electron chi connectivity index (χ3n) is 2.95. The Hall–Kier alpha value is -0.700. The highest BCUT2D eigenvalue weighted by Gasteiger charge is 2.29. The van der Waals surface area contributed by atoms with Gasteiger partial charge in [-0.15, -0.1) is 0 Å². The second-order valence-electron chi connectivity index (χ2n) is 4.41. The second-order valence-corrected chi connectivity index (χ2v) is 9.13.